The summed E-state index contributed by atoms with van der Waals surface area (Å²) in [6.45, 7) is 1.15. The van der Waals surface area contributed by atoms with Gasteiger partial charge in [-0.05, 0) is 30.3 Å². The highest BCUT2D eigenvalue weighted by atomic mass is 16.5. The number of carbonyl (C=O) groups is 3. The highest BCUT2D eigenvalue weighted by molar-refractivity contribution is 5.99. The summed E-state index contributed by atoms with van der Waals surface area (Å²) in [4.78, 5) is 56.8. The Labute approximate surface area is 201 Å². The molecule has 35 heavy (non-hydrogen) atoms. The maximum atomic E-state index is 12.9. The summed E-state index contributed by atoms with van der Waals surface area (Å²) in [6, 6.07) is 11.9. The van der Waals surface area contributed by atoms with Crippen LogP contribution in [0.2, 0.25) is 0 Å². The number of nitrogens with one attached hydrogen (secondary N) is 2. The first-order valence-electron chi connectivity index (χ1n) is 11.1. The fourth-order valence-corrected chi connectivity index (χ4v) is 4.01. The fraction of sp³-hybridized carbons (Fsp3) is 0.280. The number of nitrogens with zero attached hydrogens (tertiary/aromatic N) is 2. The smallest absolute Gasteiger partial charge is 0.257 e. The van der Waals surface area contributed by atoms with E-state index in [4.69, 9.17) is 9.47 Å². The van der Waals surface area contributed by atoms with Gasteiger partial charge in [0.15, 0.2) is 11.5 Å². The first-order valence-corrected chi connectivity index (χ1v) is 11.1. The van der Waals surface area contributed by atoms with Crippen molar-refractivity contribution < 1.29 is 23.9 Å². The number of fused-ring (bicyclic) bond motifs is 1. The van der Waals surface area contributed by atoms with Crippen LogP contribution in [0.3, 0.4) is 0 Å². The lowest BCUT2D eigenvalue weighted by atomic mass is 10.1. The number of hydrogen-bond acceptors (Lipinski definition) is 6. The molecule has 1 aliphatic heterocycles. The average Bonchev–Trinajstić information content (AvgIpc) is 2.91. The number of H-pyrrole nitrogens is 1. The lowest BCUT2D eigenvalue weighted by molar-refractivity contribution is -0.131. The Balaban J connectivity index is 1.32. The number of piperazine rings is 1. The zero-order valence-corrected chi connectivity index (χ0v) is 19.5. The van der Waals surface area contributed by atoms with Gasteiger partial charge in [0.1, 0.15) is 5.56 Å². The molecule has 10 heteroatoms. The van der Waals surface area contributed by atoms with Crippen molar-refractivity contribution in [1.82, 2.24) is 20.1 Å². The Morgan fingerprint density at radius 1 is 0.943 bits per heavy atom. The number of para-hydroxylation sites is 1. The zero-order valence-electron chi connectivity index (χ0n) is 19.5. The molecule has 0 saturated carbocycles. The van der Waals surface area contributed by atoms with E-state index in [2.05, 4.69) is 10.3 Å². The maximum absolute atomic E-state index is 12.9. The van der Waals surface area contributed by atoms with Gasteiger partial charge < -0.3 is 29.6 Å². The minimum atomic E-state index is -0.618. The predicted molar refractivity (Wildman–Crippen MR) is 129 cm³/mol. The molecule has 2 heterocycles. The Morgan fingerprint density at radius 2 is 1.63 bits per heavy atom. The van der Waals surface area contributed by atoms with Gasteiger partial charge in [0, 0.05) is 48.8 Å². The van der Waals surface area contributed by atoms with Crippen LogP contribution in [0.15, 0.2) is 53.5 Å². The Hall–Kier alpha value is -4.34. The van der Waals surface area contributed by atoms with E-state index in [9.17, 15) is 19.2 Å². The number of carbonyl (C=O) groups excluding carboxylic acids is 3. The average molecular weight is 479 g/mol. The third-order valence-corrected chi connectivity index (χ3v) is 5.98. The quantitative estimate of drug-likeness (QED) is 0.550. The number of pyridine rings is 1. The minimum absolute atomic E-state index is 0.0539. The van der Waals surface area contributed by atoms with Crippen molar-refractivity contribution in [2.45, 2.75) is 0 Å². The molecule has 3 aromatic rings. The van der Waals surface area contributed by atoms with Gasteiger partial charge in [-0.25, -0.2) is 0 Å². The summed E-state index contributed by atoms with van der Waals surface area (Å²) in [6.07, 6.45) is 1.35. The van der Waals surface area contributed by atoms with Gasteiger partial charge >= 0.3 is 0 Å². The molecule has 182 valence electrons. The van der Waals surface area contributed by atoms with Crippen LogP contribution < -0.4 is 20.2 Å². The van der Waals surface area contributed by atoms with Crippen molar-refractivity contribution >= 4 is 28.6 Å². The van der Waals surface area contributed by atoms with Gasteiger partial charge in [0.25, 0.3) is 11.8 Å². The van der Waals surface area contributed by atoms with E-state index in [0.29, 0.717) is 54.1 Å². The molecule has 1 fully saturated rings. The molecule has 3 amide bonds. The fourth-order valence-electron chi connectivity index (χ4n) is 4.01. The molecule has 1 saturated heterocycles. The summed E-state index contributed by atoms with van der Waals surface area (Å²) in [5.74, 6) is -0.0661. The SMILES string of the molecule is COc1ccc(C(=O)N2CCN(C(=O)CNC(=O)c3c[nH]c4ccccc4c3=O)CC2)cc1OC. The molecule has 2 N–H and O–H groups in total. The van der Waals surface area contributed by atoms with Crippen LogP contribution in [-0.4, -0.2) is 79.4 Å². The van der Waals surface area contributed by atoms with Crippen LogP contribution in [-0.2, 0) is 4.79 Å². The number of benzene rings is 2. The molecule has 4 rings (SSSR count). The second kappa shape index (κ2) is 10.3. The predicted octanol–water partition coefficient (Wildman–Crippen LogP) is 1.26. The lowest BCUT2D eigenvalue weighted by Crippen LogP contribution is -2.52. The summed E-state index contributed by atoms with van der Waals surface area (Å²) in [7, 11) is 3.03. The largest absolute Gasteiger partial charge is 0.493 e. The zero-order chi connectivity index (χ0) is 24.9. The third-order valence-electron chi connectivity index (χ3n) is 5.98. The molecule has 1 aromatic heterocycles. The highest BCUT2D eigenvalue weighted by Gasteiger charge is 2.26. The van der Waals surface area contributed by atoms with Crippen molar-refractivity contribution in [3.8, 4) is 11.5 Å². The normalized spacial score (nSPS) is 13.4. The van der Waals surface area contributed by atoms with E-state index >= 15 is 0 Å². The second-order valence-corrected chi connectivity index (χ2v) is 8.00. The summed E-state index contributed by atoms with van der Waals surface area (Å²) in [5, 5.41) is 2.93. The molecule has 0 aliphatic carbocycles. The lowest BCUT2D eigenvalue weighted by Gasteiger charge is -2.35. The van der Waals surface area contributed by atoms with Crippen molar-refractivity contribution in [3.63, 3.8) is 0 Å². The van der Waals surface area contributed by atoms with Gasteiger partial charge in [-0.3, -0.25) is 19.2 Å². The Morgan fingerprint density at radius 3 is 2.34 bits per heavy atom. The van der Waals surface area contributed by atoms with E-state index in [1.807, 2.05) is 0 Å². The second-order valence-electron chi connectivity index (χ2n) is 8.00. The summed E-state index contributed by atoms with van der Waals surface area (Å²) in [5.41, 5.74) is 0.648. The third kappa shape index (κ3) is 4.96. The summed E-state index contributed by atoms with van der Waals surface area (Å²) >= 11 is 0. The van der Waals surface area contributed by atoms with E-state index in [-0.39, 0.29) is 23.9 Å². The maximum Gasteiger partial charge on any atom is 0.257 e. The van der Waals surface area contributed by atoms with Crippen LogP contribution in [0, 0.1) is 0 Å². The van der Waals surface area contributed by atoms with Crippen molar-refractivity contribution in [2.24, 2.45) is 0 Å². The monoisotopic (exact) mass is 478 g/mol. The van der Waals surface area contributed by atoms with Crippen molar-refractivity contribution in [3.05, 3.63) is 70.0 Å². The molecule has 0 atom stereocenters. The molecule has 2 aromatic carbocycles. The molecule has 1 aliphatic rings. The molecule has 0 spiro atoms. The molecule has 10 nitrogen and oxygen atoms in total. The standard InChI is InChI=1S/C25H26N4O6/c1-34-20-8-7-16(13-21(20)35-2)25(33)29-11-9-28(10-12-29)22(30)15-27-24(32)18-14-26-19-6-4-3-5-17(19)23(18)31/h3-8,13-14H,9-12,15H2,1-2H3,(H,26,31)(H,27,32). The van der Waals surface area contributed by atoms with Crippen LogP contribution in [0.4, 0.5) is 0 Å². The first-order chi connectivity index (χ1) is 16.9. The topological polar surface area (TPSA) is 121 Å². The van der Waals surface area contributed by atoms with Crippen LogP contribution in [0.25, 0.3) is 10.9 Å². The number of ether oxygens (including phenoxy) is 2. The molecular formula is C25H26N4O6. The number of aromatic nitrogens is 1. The number of rotatable bonds is 6. The number of amides is 3. The molecular weight excluding hydrogens is 452 g/mol. The van der Waals surface area contributed by atoms with E-state index in [1.54, 1.807) is 52.3 Å². The van der Waals surface area contributed by atoms with Crippen LogP contribution in [0.1, 0.15) is 20.7 Å². The van der Waals surface area contributed by atoms with Crippen LogP contribution in [0.5, 0.6) is 11.5 Å². The van der Waals surface area contributed by atoms with Gasteiger partial charge in [-0.15, -0.1) is 0 Å². The number of methoxy groups -OCH3 is 2. The summed E-state index contributed by atoms with van der Waals surface area (Å²) < 4.78 is 10.5. The van der Waals surface area contributed by atoms with E-state index in [1.165, 1.54) is 20.4 Å². The molecule has 0 radical (unpaired) electrons. The number of hydrogen-bond donors (Lipinski definition) is 2. The van der Waals surface area contributed by atoms with E-state index < -0.39 is 11.3 Å². The Bertz CT molecular complexity index is 1330. The van der Waals surface area contributed by atoms with Crippen molar-refractivity contribution in [2.75, 3.05) is 46.9 Å². The van der Waals surface area contributed by atoms with Crippen LogP contribution >= 0.6 is 0 Å². The van der Waals surface area contributed by atoms with Gasteiger partial charge in [-0.2, -0.15) is 0 Å². The Kier molecular flexibility index (Phi) is 7.00. The van der Waals surface area contributed by atoms with Gasteiger partial charge in [0.05, 0.1) is 20.8 Å². The highest BCUT2D eigenvalue weighted by Crippen LogP contribution is 2.28. The van der Waals surface area contributed by atoms with Gasteiger partial charge in [0.2, 0.25) is 11.3 Å². The minimum Gasteiger partial charge on any atom is -0.493 e. The van der Waals surface area contributed by atoms with Gasteiger partial charge in [-0.1, -0.05) is 12.1 Å². The van der Waals surface area contributed by atoms with E-state index in [0.717, 1.165) is 0 Å². The first kappa shape index (κ1) is 23.8. The molecule has 0 bridgehead atoms. The molecule has 0 unspecified atom stereocenters. The van der Waals surface area contributed by atoms with Crippen molar-refractivity contribution in [1.29, 1.82) is 0 Å². The number of aromatic amines is 1.